The van der Waals surface area contributed by atoms with Gasteiger partial charge in [0.25, 0.3) is 0 Å². The van der Waals surface area contributed by atoms with Gasteiger partial charge >= 0.3 is 0 Å². The number of hydrogen-bond donors (Lipinski definition) is 0. The summed E-state index contributed by atoms with van der Waals surface area (Å²) >= 11 is 3.81. The molecule has 0 radical (unpaired) electrons. The summed E-state index contributed by atoms with van der Waals surface area (Å²) in [6.07, 6.45) is 6.75. The summed E-state index contributed by atoms with van der Waals surface area (Å²) in [5, 5.41) is 0. The molecule has 2 heteroatoms. The molecule has 1 aromatic rings. The Kier molecular flexibility index (Phi) is 3.53. The van der Waals surface area contributed by atoms with Crippen molar-refractivity contribution in [2.45, 2.75) is 49.0 Å². The molecule has 0 N–H and O–H groups in total. The van der Waals surface area contributed by atoms with Crippen molar-refractivity contribution in [3.05, 3.63) is 35.9 Å². The van der Waals surface area contributed by atoms with Crippen LogP contribution in [0.4, 0.5) is 0 Å². The Balaban J connectivity index is 1.60. The fourth-order valence-corrected chi connectivity index (χ4v) is 4.34. The third-order valence-corrected chi connectivity index (χ3v) is 5.08. The lowest BCUT2D eigenvalue weighted by molar-refractivity contribution is 0.147. The standard InChI is InChI=1S/C15H20BrN/c16-13-10-14-6-7-15(11-13)17(14)9-8-12-4-2-1-3-5-12/h1-5,13-15H,6-11H2. The highest BCUT2D eigenvalue weighted by atomic mass is 79.9. The van der Waals surface area contributed by atoms with E-state index in [0.29, 0.717) is 0 Å². The van der Waals surface area contributed by atoms with Crippen LogP contribution in [-0.2, 0) is 6.42 Å². The minimum Gasteiger partial charge on any atom is -0.297 e. The molecule has 2 bridgehead atoms. The van der Waals surface area contributed by atoms with E-state index >= 15 is 0 Å². The second-order valence-electron chi connectivity index (χ2n) is 5.43. The van der Waals surface area contributed by atoms with E-state index in [1.165, 1.54) is 44.2 Å². The maximum atomic E-state index is 3.81. The van der Waals surface area contributed by atoms with Crippen LogP contribution < -0.4 is 0 Å². The fraction of sp³-hybridized carbons (Fsp3) is 0.600. The van der Waals surface area contributed by atoms with Gasteiger partial charge in [0.1, 0.15) is 0 Å². The van der Waals surface area contributed by atoms with Crippen molar-refractivity contribution in [3.63, 3.8) is 0 Å². The number of piperidine rings is 1. The molecule has 1 aromatic carbocycles. The Morgan fingerprint density at radius 3 is 2.35 bits per heavy atom. The zero-order valence-electron chi connectivity index (χ0n) is 10.2. The van der Waals surface area contributed by atoms with Crippen LogP contribution in [0, 0.1) is 0 Å². The SMILES string of the molecule is BrC1CC2CCC(C1)N2CCc1ccccc1. The molecular formula is C15H20BrN. The average Bonchev–Trinajstić information content (AvgIpc) is 2.59. The molecule has 2 fully saturated rings. The first-order chi connectivity index (χ1) is 8.33. The van der Waals surface area contributed by atoms with Gasteiger partial charge in [-0.1, -0.05) is 46.3 Å². The molecular weight excluding hydrogens is 274 g/mol. The van der Waals surface area contributed by atoms with Crippen LogP contribution in [0.2, 0.25) is 0 Å². The van der Waals surface area contributed by atoms with Gasteiger partial charge in [-0.05, 0) is 37.7 Å². The van der Waals surface area contributed by atoms with Crippen LogP contribution in [0.15, 0.2) is 30.3 Å². The maximum Gasteiger partial charge on any atom is 0.0175 e. The monoisotopic (exact) mass is 293 g/mol. The van der Waals surface area contributed by atoms with Crippen LogP contribution in [-0.4, -0.2) is 28.4 Å². The van der Waals surface area contributed by atoms with Crippen molar-refractivity contribution >= 4 is 15.9 Å². The lowest BCUT2D eigenvalue weighted by atomic mass is 10.0. The van der Waals surface area contributed by atoms with E-state index in [1.807, 2.05) is 0 Å². The molecule has 2 atom stereocenters. The van der Waals surface area contributed by atoms with Crippen LogP contribution in [0.1, 0.15) is 31.2 Å². The fourth-order valence-electron chi connectivity index (χ4n) is 3.48. The molecule has 0 saturated carbocycles. The topological polar surface area (TPSA) is 3.24 Å². The largest absolute Gasteiger partial charge is 0.297 e. The minimum absolute atomic E-state index is 0.771. The third kappa shape index (κ3) is 2.58. The maximum absolute atomic E-state index is 3.81. The molecule has 2 aliphatic heterocycles. The van der Waals surface area contributed by atoms with Gasteiger partial charge in [0.15, 0.2) is 0 Å². The van der Waals surface area contributed by atoms with Gasteiger partial charge in [0.05, 0.1) is 0 Å². The first kappa shape index (κ1) is 11.7. The van der Waals surface area contributed by atoms with E-state index in [1.54, 1.807) is 0 Å². The van der Waals surface area contributed by atoms with E-state index in [4.69, 9.17) is 0 Å². The second kappa shape index (κ2) is 5.11. The van der Waals surface area contributed by atoms with Crippen LogP contribution in [0.5, 0.6) is 0 Å². The molecule has 0 aliphatic carbocycles. The highest BCUT2D eigenvalue weighted by Gasteiger charge is 2.39. The zero-order chi connectivity index (χ0) is 11.7. The Morgan fingerprint density at radius 2 is 1.71 bits per heavy atom. The van der Waals surface area contributed by atoms with E-state index in [9.17, 15) is 0 Å². The Morgan fingerprint density at radius 1 is 1.06 bits per heavy atom. The number of rotatable bonds is 3. The van der Waals surface area contributed by atoms with E-state index in [-0.39, 0.29) is 0 Å². The molecule has 0 amide bonds. The van der Waals surface area contributed by atoms with Gasteiger partial charge in [-0.25, -0.2) is 0 Å². The van der Waals surface area contributed by atoms with Gasteiger partial charge in [-0.2, -0.15) is 0 Å². The number of benzene rings is 1. The number of halogens is 1. The summed E-state index contributed by atoms with van der Waals surface area (Å²) in [4.78, 5) is 3.54. The normalized spacial score (nSPS) is 32.9. The molecule has 0 spiro atoms. The molecule has 3 rings (SSSR count). The minimum atomic E-state index is 0.771. The van der Waals surface area contributed by atoms with E-state index in [2.05, 4.69) is 51.2 Å². The number of hydrogen-bond acceptors (Lipinski definition) is 1. The predicted octanol–water partition coefficient (Wildman–Crippen LogP) is 3.62. The number of fused-ring (bicyclic) bond motifs is 2. The molecule has 0 aromatic heterocycles. The predicted molar refractivity (Wildman–Crippen MR) is 75.6 cm³/mol. The first-order valence-electron chi connectivity index (χ1n) is 6.76. The van der Waals surface area contributed by atoms with E-state index < -0.39 is 0 Å². The summed E-state index contributed by atoms with van der Waals surface area (Å²) in [5.41, 5.74) is 1.48. The van der Waals surface area contributed by atoms with Crippen LogP contribution in [0.25, 0.3) is 0 Å². The highest BCUT2D eigenvalue weighted by molar-refractivity contribution is 9.09. The summed E-state index contributed by atoms with van der Waals surface area (Å²) in [6, 6.07) is 12.6. The van der Waals surface area contributed by atoms with Gasteiger partial charge in [0.2, 0.25) is 0 Å². The number of nitrogens with zero attached hydrogens (tertiary/aromatic N) is 1. The second-order valence-corrected chi connectivity index (χ2v) is 6.72. The highest BCUT2D eigenvalue weighted by Crippen LogP contribution is 2.38. The zero-order valence-corrected chi connectivity index (χ0v) is 11.8. The molecule has 92 valence electrons. The van der Waals surface area contributed by atoms with Crippen molar-refractivity contribution in [3.8, 4) is 0 Å². The summed E-state index contributed by atoms with van der Waals surface area (Å²) in [6.45, 7) is 1.25. The molecule has 2 saturated heterocycles. The van der Waals surface area contributed by atoms with Crippen molar-refractivity contribution < 1.29 is 0 Å². The molecule has 2 unspecified atom stereocenters. The molecule has 2 heterocycles. The van der Waals surface area contributed by atoms with E-state index in [0.717, 1.165) is 16.9 Å². The van der Waals surface area contributed by atoms with Crippen molar-refractivity contribution in [2.75, 3.05) is 6.54 Å². The van der Waals surface area contributed by atoms with Crippen molar-refractivity contribution in [1.29, 1.82) is 0 Å². The first-order valence-corrected chi connectivity index (χ1v) is 7.68. The van der Waals surface area contributed by atoms with Gasteiger partial charge < -0.3 is 0 Å². The van der Waals surface area contributed by atoms with Crippen LogP contribution in [0.3, 0.4) is 0 Å². The van der Waals surface area contributed by atoms with Crippen molar-refractivity contribution in [1.82, 2.24) is 4.90 Å². The Labute approximate surface area is 112 Å². The molecule has 2 aliphatic rings. The van der Waals surface area contributed by atoms with Gasteiger partial charge in [-0.15, -0.1) is 0 Å². The lowest BCUT2D eigenvalue weighted by Crippen LogP contribution is -2.44. The van der Waals surface area contributed by atoms with Crippen LogP contribution >= 0.6 is 15.9 Å². The lowest BCUT2D eigenvalue weighted by Gasteiger charge is -2.37. The third-order valence-electron chi connectivity index (χ3n) is 4.33. The Hall–Kier alpha value is -0.340. The van der Waals surface area contributed by atoms with Gasteiger partial charge in [0, 0.05) is 23.5 Å². The van der Waals surface area contributed by atoms with Crippen molar-refractivity contribution in [2.24, 2.45) is 0 Å². The quantitative estimate of drug-likeness (QED) is 0.770. The average molecular weight is 294 g/mol. The molecule has 1 nitrogen and oxygen atoms in total. The van der Waals surface area contributed by atoms with Gasteiger partial charge in [-0.3, -0.25) is 4.90 Å². The Bertz CT molecular complexity index is 350. The summed E-state index contributed by atoms with van der Waals surface area (Å²) in [5.74, 6) is 0. The molecule has 17 heavy (non-hydrogen) atoms. The summed E-state index contributed by atoms with van der Waals surface area (Å²) in [7, 11) is 0. The smallest absolute Gasteiger partial charge is 0.0175 e. The summed E-state index contributed by atoms with van der Waals surface area (Å²) < 4.78 is 0. The number of alkyl halides is 1.